The van der Waals surface area contributed by atoms with Crippen LogP contribution < -0.4 is 0 Å². The van der Waals surface area contributed by atoms with Crippen LogP contribution in [0.25, 0.3) is 10.9 Å². The van der Waals surface area contributed by atoms with Crippen molar-refractivity contribution in [2.45, 2.75) is 12.5 Å². The van der Waals surface area contributed by atoms with Crippen LogP contribution in [-0.4, -0.2) is 60.3 Å². The van der Waals surface area contributed by atoms with Gasteiger partial charge in [-0.3, -0.25) is 14.7 Å². The highest BCUT2D eigenvalue weighted by Crippen LogP contribution is 2.20. The highest BCUT2D eigenvalue weighted by Gasteiger charge is 2.28. The van der Waals surface area contributed by atoms with E-state index in [0.29, 0.717) is 0 Å². The van der Waals surface area contributed by atoms with Gasteiger partial charge in [0, 0.05) is 23.7 Å². The van der Waals surface area contributed by atoms with Crippen molar-refractivity contribution in [1.82, 2.24) is 14.8 Å². The summed E-state index contributed by atoms with van der Waals surface area (Å²) in [6.45, 7) is 2.79. The number of hydrogen-bond donors (Lipinski definition) is 0. The molecule has 1 unspecified atom stereocenters. The first kappa shape index (κ1) is 14.2. The Morgan fingerprint density at radius 3 is 2.90 bits per heavy atom. The Hall–Kier alpha value is -1.78. The largest absolute Gasteiger partial charge is 0.304 e. The van der Waals surface area contributed by atoms with E-state index in [4.69, 9.17) is 0 Å². The summed E-state index contributed by atoms with van der Waals surface area (Å²) in [5.41, 5.74) is 1.67. The number of ketones is 1. The maximum absolute atomic E-state index is 13.0. The van der Waals surface area contributed by atoms with Gasteiger partial charge in [-0.25, -0.2) is 0 Å². The van der Waals surface area contributed by atoms with Gasteiger partial charge in [0.05, 0.1) is 11.6 Å². The highest BCUT2D eigenvalue weighted by atomic mass is 16.1. The normalized spacial score (nSPS) is 21.3. The Kier molecular flexibility index (Phi) is 3.99. The molecule has 110 valence electrons. The first-order valence-corrected chi connectivity index (χ1v) is 7.43. The van der Waals surface area contributed by atoms with Gasteiger partial charge in [-0.05, 0) is 45.7 Å². The van der Waals surface area contributed by atoms with E-state index in [-0.39, 0.29) is 11.8 Å². The van der Waals surface area contributed by atoms with Gasteiger partial charge >= 0.3 is 0 Å². The minimum atomic E-state index is -0.0803. The van der Waals surface area contributed by atoms with Crippen molar-refractivity contribution in [1.29, 1.82) is 0 Å². The molecule has 0 spiro atoms. The quantitative estimate of drug-likeness (QED) is 0.791. The van der Waals surface area contributed by atoms with Crippen LogP contribution >= 0.6 is 0 Å². The summed E-state index contributed by atoms with van der Waals surface area (Å²) in [4.78, 5) is 21.8. The zero-order valence-corrected chi connectivity index (χ0v) is 12.6. The van der Waals surface area contributed by atoms with Gasteiger partial charge in [0.25, 0.3) is 0 Å². The first-order chi connectivity index (χ1) is 10.2. The van der Waals surface area contributed by atoms with Crippen LogP contribution in [0.2, 0.25) is 0 Å². The summed E-state index contributed by atoms with van der Waals surface area (Å²) in [6.07, 6.45) is 2.87. The summed E-state index contributed by atoms with van der Waals surface area (Å²) in [5.74, 6) is 0.199. The van der Waals surface area contributed by atoms with Crippen molar-refractivity contribution in [3.63, 3.8) is 0 Å². The van der Waals surface area contributed by atoms with Crippen molar-refractivity contribution in [2.75, 3.05) is 33.7 Å². The second-order valence-electron chi connectivity index (χ2n) is 5.85. The van der Waals surface area contributed by atoms with Crippen LogP contribution in [0.1, 0.15) is 16.8 Å². The monoisotopic (exact) mass is 283 g/mol. The Morgan fingerprint density at radius 2 is 2.05 bits per heavy atom. The molecule has 1 aromatic carbocycles. The molecule has 1 aromatic heterocycles. The van der Waals surface area contributed by atoms with E-state index in [9.17, 15) is 4.79 Å². The topological polar surface area (TPSA) is 36.4 Å². The molecule has 1 fully saturated rings. The molecule has 1 atom stereocenters. The predicted molar refractivity (Wildman–Crippen MR) is 84.6 cm³/mol. The SMILES string of the molecule is CN1CCCN(C)C(C(=O)c2cccc3ncccc23)C1. The smallest absolute Gasteiger partial charge is 0.181 e. The van der Waals surface area contributed by atoms with Gasteiger partial charge in [0.1, 0.15) is 0 Å². The van der Waals surface area contributed by atoms with Gasteiger partial charge in [-0.2, -0.15) is 0 Å². The number of fused-ring (bicyclic) bond motifs is 1. The molecule has 0 saturated carbocycles. The lowest BCUT2D eigenvalue weighted by Gasteiger charge is -2.26. The summed E-state index contributed by atoms with van der Waals surface area (Å²) in [5, 5.41) is 0.949. The highest BCUT2D eigenvalue weighted by molar-refractivity contribution is 6.09. The number of pyridine rings is 1. The third-order valence-electron chi connectivity index (χ3n) is 4.28. The van der Waals surface area contributed by atoms with Gasteiger partial charge in [0.2, 0.25) is 0 Å². The lowest BCUT2D eigenvalue weighted by atomic mass is 9.98. The number of nitrogens with zero attached hydrogens (tertiary/aromatic N) is 3. The second-order valence-corrected chi connectivity index (χ2v) is 5.85. The van der Waals surface area contributed by atoms with Crippen molar-refractivity contribution < 1.29 is 4.79 Å². The average Bonchev–Trinajstić information content (AvgIpc) is 2.67. The molecule has 21 heavy (non-hydrogen) atoms. The molecule has 1 saturated heterocycles. The molecule has 0 bridgehead atoms. The number of likely N-dealkylation sites (N-methyl/N-ethyl adjacent to an activating group) is 2. The van der Waals surface area contributed by atoms with Gasteiger partial charge in [-0.15, -0.1) is 0 Å². The Balaban J connectivity index is 1.99. The zero-order valence-electron chi connectivity index (χ0n) is 12.6. The predicted octanol–water partition coefficient (Wildman–Crippen LogP) is 2.05. The summed E-state index contributed by atoms with van der Waals surface area (Å²) in [7, 11) is 4.13. The number of rotatable bonds is 2. The van der Waals surface area contributed by atoms with Crippen molar-refractivity contribution in [3.8, 4) is 0 Å². The van der Waals surface area contributed by atoms with E-state index >= 15 is 0 Å². The average molecular weight is 283 g/mol. The number of carbonyl (C=O) groups excluding carboxylic acids is 1. The fraction of sp³-hybridized carbons (Fsp3) is 0.412. The maximum atomic E-state index is 13.0. The molecular formula is C17H21N3O. The maximum Gasteiger partial charge on any atom is 0.181 e. The number of aromatic nitrogens is 1. The number of hydrogen-bond acceptors (Lipinski definition) is 4. The molecular weight excluding hydrogens is 262 g/mol. The number of Topliss-reactive ketones (excluding diaryl/α,β-unsaturated/α-hetero) is 1. The molecule has 0 N–H and O–H groups in total. The Labute approximate surface area is 125 Å². The van der Waals surface area contributed by atoms with Crippen molar-refractivity contribution >= 4 is 16.7 Å². The van der Waals surface area contributed by atoms with Crippen LogP contribution in [0.5, 0.6) is 0 Å². The molecule has 0 radical (unpaired) electrons. The first-order valence-electron chi connectivity index (χ1n) is 7.43. The fourth-order valence-corrected chi connectivity index (χ4v) is 3.05. The number of benzene rings is 1. The number of carbonyl (C=O) groups is 1. The minimum Gasteiger partial charge on any atom is -0.304 e. The summed E-state index contributed by atoms with van der Waals surface area (Å²) >= 11 is 0. The zero-order chi connectivity index (χ0) is 14.8. The van der Waals surface area contributed by atoms with E-state index in [1.165, 1.54) is 0 Å². The van der Waals surface area contributed by atoms with Crippen molar-refractivity contribution in [3.05, 3.63) is 42.1 Å². The molecule has 2 heterocycles. The van der Waals surface area contributed by atoms with Gasteiger partial charge in [-0.1, -0.05) is 18.2 Å². The van der Waals surface area contributed by atoms with Crippen LogP contribution in [0.4, 0.5) is 0 Å². The van der Waals surface area contributed by atoms with Crippen LogP contribution in [-0.2, 0) is 0 Å². The third kappa shape index (κ3) is 2.82. The summed E-state index contributed by atoms with van der Waals surface area (Å²) in [6, 6.07) is 9.59. The molecule has 0 amide bonds. The third-order valence-corrected chi connectivity index (χ3v) is 4.28. The van der Waals surface area contributed by atoms with E-state index in [1.54, 1.807) is 6.20 Å². The molecule has 2 aromatic rings. The van der Waals surface area contributed by atoms with Crippen LogP contribution in [0.3, 0.4) is 0 Å². The Morgan fingerprint density at radius 1 is 1.19 bits per heavy atom. The standard InChI is InChI=1S/C17H21N3O/c1-19-10-5-11-20(2)16(12-19)17(21)14-6-3-8-15-13(14)7-4-9-18-15/h3-4,6-9,16H,5,10-12H2,1-2H3. The van der Waals surface area contributed by atoms with Crippen molar-refractivity contribution in [2.24, 2.45) is 0 Å². The molecule has 4 heteroatoms. The van der Waals surface area contributed by atoms with Gasteiger partial charge in [0.15, 0.2) is 5.78 Å². The minimum absolute atomic E-state index is 0.0803. The van der Waals surface area contributed by atoms with E-state index in [2.05, 4.69) is 21.8 Å². The molecule has 1 aliphatic rings. The fourth-order valence-electron chi connectivity index (χ4n) is 3.05. The second kappa shape index (κ2) is 5.92. The molecule has 4 nitrogen and oxygen atoms in total. The van der Waals surface area contributed by atoms with Gasteiger partial charge < -0.3 is 4.90 Å². The Bertz CT molecular complexity index is 650. The lowest BCUT2D eigenvalue weighted by Crippen LogP contribution is -2.43. The van der Waals surface area contributed by atoms with Crippen LogP contribution in [0, 0.1) is 0 Å². The molecule has 3 rings (SSSR count). The van der Waals surface area contributed by atoms with E-state index < -0.39 is 0 Å². The summed E-state index contributed by atoms with van der Waals surface area (Å²) < 4.78 is 0. The van der Waals surface area contributed by atoms with E-state index in [0.717, 1.165) is 42.5 Å². The molecule has 0 aliphatic carbocycles. The van der Waals surface area contributed by atoms with E-state index in [1.807, 2.05) is 37.4 Å². The molecule has 1 aliphatic heterocycles. The van der Waals surface area contributed by atoms with Crippen LogP contribution in [0.15, 0.2) is 36.5 Å². The lowest BCUT2D eigenvalue weighted by molar-refractivity contribution is 0.0841.